The van der Waals surface area contributed by atoms with Crippen molar-refractivity contribution in [1.29, 1.82) is 0 Å². The quantitative estimate of drug-likeness (QED) is 0.537. The van der Waals surface area contributed by atoms with E-state index in [1.807, 2.05) is 6.92 Å². The van der Waals surface area contributed by atoms with E-state index in [2.05, 4.69) is 11.8 Å². The third kappa shape index (κ3) is 8.22. The first-order valence-corrected chi connectivity index (χ1v) is 7.64. The topological polar surface area (TPSA) is 60.8 Å². The molecule has 0 rings (SSSR count). The Labute approximate surface area is 117 Å². The first-order valence-electron chi connectivity index (χ1n) is 7.64. The molecule has 0 radical (unpaired) electrons. The Morgan fingerprint density at radius 1 is 1.16 bits per heavy atom. The lowest BCUT2D eigenvalue weighted by atomic mass is 10.1. The molecule has 2 N–H and O–H groups in total. The first-order chi connectivity index (χ1) is 9.06. The molecule has 4 heteroatoms. The number of nitrogens with zero attached hydrogens (tertiary/aromatic N) is 1. The van der Waals surface area contributed by atoms with Gasteiger partial charge in [-0.1, -0.05) is 46.5 Å². The molecule has 0 aliphatic heterocycles. The van der Waals surface area contributed by atoms with Crippen molar-refractivity contribution in [2.45, 2.75) is 65.3 Å². The second kappa shape index (κ2) is 11.2. The van der Waals surface area contributed by atoms with Crippen LogP contribution in [0.3, 0.4) is 0 Å². The Balaban J connectivity index is 4.21. The fourth-order valence-corrected chi connectivity index (χ4v) is 2.27. The smallest absolute Gasteiger partial charge is 0.307 e. The van der Waals surface area contributed by atoms with Crippen molar-refractivity contribution < 1.29 is 15.0 Å². The number of hydrogen-bond donors (Lipinski definition) is 2. The van der Waals surface area contributed by atoms with Gasteiger partial charge in [-0.15, -0.1) is 0 Å². The van der Waals surface area contributed by atoms with Crippen molar-refractivity contribution in [1.82, 2.24) is 4.90 Å². The van der Waals surface area contributed by atoms with Gasteiger partial charge in [0.2, 0.25) is 0 Å². The summed E-state index contributed by atoms with van der Waals surface area (Å²) in [5.41, 5.74) is 0. The summed E-state index contributed by atoms with van der Waals surface area (Å²) >= 11 is 0. The molecule has 0 spiro atoms. The molecule has 2 atom stereocenters. The number of carboxylic acid groups (broad SMARTS) is 1. The third-order valence-electron chi connectivity index (χ3n) is 3.68. The number of carbonyl (C=O) groups is 1. The lowest BCUT2D eigenvalue weighted by Crippen LogP contribution is -2.42. The monoisotopic (exact) mass is 273 g/mol. The predicted octanol–water partition coefficient (Wildman–Crippen LogP) is 2.75. The zero-order chi connectivity index (χ0) is 14.7. The fraction of sp³-hybridized carbons (Fsp3) is 0.933. The zero-order valence-electron chi connectivity index (χ0n) is 12.8. The van der Waals surface area contributed by atoms with Crippen LogP contribution < -0.4 is 0 Å². The molecule has 0 heterocycles. The van der Waals surface area contributed by atoms with E-state index in [4.69, 9.17) is 5.11 Å². The lowest BCUT2D eigenvalue weighted by Gasteiger charge is -2.31. The van der Waals surface area contributed by atoms with Gasteiger partial charge in [0.25, 0.3) is 0 Å². The van der Waals surface area contributed by atoms with Gasteiger partial charge < -0.3 is 10.2 Å². The average molecular weight is 273 g/mol. The van der Waals surface area contributed by atoms with Gasteiger partial charge in [0.05, 0.1) is 12.5 Å². The number of aliphatic carboxylic acids is 1. The molecule has 114 valence electrons. The lowest BCUT2D eigenvalue weighted by molar-refractivity contribution is -0.142. The van der Waals surface area contributed by atoms with Gasteiger partial charge in [-0.2, -0.15) is 0 Å². The number of hydrogen-bond acceptors (Lipinski definition) is 3. The summed E-state index contributed by atoms with van der Waals surface area (Å²) in [6, 6.07) is 0.0907. The van der Waals surface area contributed by atoms with Crippen molar-refractivity contribution in [3.8, 4) is 0 Å². The molecular weight excluding hydrogens is 242 g/mol. The van der Waals surface area contributed by atoms with Crippen LogP contribution in [-0.4, -0.2) is 46.8 Å². The van der Waals surface area contributed by atoms with Gasteiger partial charge in [-0.3, -0.25) is 9.69 Å². The van der Waals surface area contributed by atoms with Crippen molar-refractivity contribution in [2.24, 2.45) is 5.92 Å². The van der Waals surface area contributed by atoms with Crippen LogP contribution in [0.5, 0.6) is 0 Å². The highest BCUT2D eigenvalue weighted by Gasteiger charge is 2.21. The number of aliphatic hydroxyl groups is 1. The van der Waals surface area contributed by atoms with Crippen molar-refractivity contribution in [3.63, 3.8) is 0 Å². The van der Waals surface area contributed by atoms with Crippen LogP contribution in [0.2, 0.25) is 0 Å². The molecule has 0 saturated carbocycles. The van der Waals surface area contributed by atoms with E-state index in [1.54, 1.807) is 6.92 Å². The van der Waals surface area contributed by atoms with Crippen molar-refractivity contribution >= 4 is 5.97 Å². The highest BCUT2D eigenvalue weighted by atomic mass is 16.4. The zero-order valence-corrected chi connectivity index (χ0v) is 12.8. The molecule has 0 aromatic heterocycles. The summed E-state index contributed by atoms with van der Waals surface area (Å²) in [5, 5.41) is 18.4. The van der Waals surface area contributed by atoms with Crippen LogP contribution in [0.15, 0.2) is 0 Å². The SMILES string of the molecule is CCCCCCCN(CC(C)C(=O)O)C(CC)CO. The molecule has 0 fully saturated rings. The summed E-state index contributed by atoms with van der Waals surface area (Å²) in [4.78, 5) is 13.1. The predicted molar refractivity (Wildman–Crippen MR) is 78.3 cm³/mol. The van der Waals surface area contributed by atoms with Gasteiger partial charge in [-0.05, 0) is 19.4 Å². The van der Waals surface area contributed by atoms with Gasteiger partial charge >= 0.3 is 5.97 Å². The highest BCUT2D eigenvalue weighted by Crippen LogP contribution is 2.11. The molecule has 0 aromatic rings. The van der Waals surface area contributed by atoms with E-state index in [-0.39, 0.29) is 18.6 Å². The minimum absolute atomic E-state index is 0.0907. The van der Waals surface area contributed by atoms with E-state index in [0.717, 1.165) is 19.4 Å². The fourth-order valence-electron chi connectivity index (χ4n) is 2.27. The van der Waals surface area contributed by atoms with E-state index in [9.17, 15) is 9.90 Å². The molecule has 0 aliphatic carbocycles. The minimum Gasteiger partial charge on any atom is -0.481 e. The Morgan fingerprint density at radius 2 is 1.79 bits per heavy atom. The maximum absolute atomic E-state index is 11.0. The molecular formula is C15H31NO3. The average Bonchev–Trinajstić information content (AvgIpc) is 2.39. The van der Waals surface area contributed by atoms with Crippen LogP contribution in [0, 0.1) is 5.92 Å². The highest BCUT2D eigenvalue weighted by molar-refractivity contribution is 5.69. The summed E-state index contributed by atoms with van der Waals surface area (Å²) < 4.78 is 0. The van der Waals surface area contributed by atoms with Gasteiger partial charge in [-0.25, -0.2) is 0 Å². The van der Waals surface area contributed by atoms with Crippen LogP contribution in [-0.2, 0) is 4.79 Å². The molecule has 0 bridgehead atoms. The molecule has 0 amide bonds. The van der Waals surface area contributed by atoms with Crippen molar-refractivity contribution in [3.05, 3.63) is 0 Å². The minimum atomic E-state index is -0.760. The maximum atomic E-state index is 11.0. The van der Waals surface area contributed by atoms with Crippen LogP contribution in [0.4, 0.5) is 0 Å². The second-order valence-corrected chi connectivity index (χ2v) is 5.39. The molecule has 0 aromatic carbocycles. The van der Waals surface area contributed by atoms with E-state index in [0.29, 0.717) is 6.54 Å². The molecule has 0 aliphatic rings. The van der Waals surface area contributed by atoms with E-state index < -0.39 is 5.97 Å². The van der Waals surface area contributed by atoms with E-state index >= 15 is 0 Å². The number of rotatable bonds is 12. The number of carboxylic acids is 1. The van der Waals surface area contributed by atoms with Gasteiger partial charge in [0.15, 0.2) is 0 Å². The van der Waals surface area contributed by atoms with Crippen molar-refractivity contribution in [2.75, 3.05) is 19.7 Å². The second-order valence-electron chi connectivity index (χ2n) is 5.39. The first kappa shape index (κ1) is 18.4. The summed E-state index contributed by atoms with van der Waals surface area (Å²) in [5.74, 6) is -1.14. The molecule has 0 saturated heterocycles. The van der Waals surface area contributed by atoms with Gasteiger partial charge in [0, 0.05) is 12.6 Å². The summed E-state index contributed by atoms with van der Waals surface area (Å²) in [6.45, 7) is 7.49. The maximum Gasteiger partial charge on any atom is 0.307 e. The van der Waals surface area contributed by atoms with Gasteiger partial charge in [0.1, 0.15) is 0 Å². The molecule has 19 heavy (non-hydrogen) atoms. The number of unbranched alkanes of at least 4 members (excludes halogenated alkanes) is 4. The molecule has 4 nitrogen and oxygen atoms in total. The van der Waals surface area contributed by atoms with Crippen LogP contribution in [0.1, 0.15) is 59.3 Å². The summed E-state index contributed by atoms with van der Waals surface area (Å²) in [6.07, 6.45) is 6.87. The summed E-state index contributed by atoms with van der Waals surface area (Å²) in [7, 11) is 0. The van der Waals surface area contributed by atoms with E-state index in [1.165, 1.54) is 25.7 Å². The van der Waals surface area contributed by atoms with Crippen LogP contribution in [0.25, 0.3) is 0 Å². The van der Waals surface area contributed by atoms with Crippen LogP contribution >= 0.6 is 0 Å². The Bertz CT molecular complexity index is 229. The number of aliphatic hydroxyl groups excluding tert-OH is 1. The Hall–Kier alpha value is -0.610. The standard InChI is InChI=1S/C15H31NO3/c1-4-6-7-8-9-10-16(14(5-2)12-17)11-13(3)15(18)19/h13-14,17H,4-12H2,1-3H3,(H,18,19). The molecule has 2 unspecified atom stereocenters. The Morgan fingerprint density at radius 3 is 2.26 bits per heavy atom. The third-order valence-corrected chi connectivity index (χ3v) is 3.68. The Kier molecular flexibility index (Phi) is 10.9. The largest absolute Gasteiger partial charge is 0.481 e. The normalized spacial score (nSPS) is 14.6.